The fourth-order valence-electron chi connectivity index (χ4n) is 2.56. The number of nitrogens with zero attached hydrogens (tertiary/aromatic N) is 2. The molecule has 0 saturated carbocycles. The highest BCUT2D eigenvalue weighted by Crippen LogP contribution is 2.20. The van der Waals surface area contributed by atoms with Gasteiger partial charge in [-0.1, -0.05) is 58.7 Å². The molecular weight excluding hydrogens is 490 g/mol. The Morgan fingerprint density at radius 2 is 1.95 bits per heavy atom. The van der Waals surface area contributed by atoms with Gasteiger partial charge >= 0.3 is 0 Å². The number of Topliss-reactive ketones (excluding diaryl/α,β-unsaturated/α-hetero) is 1. The lowest BCUT2D eigenvalue weighted by atomic mass is 10.2. The van der Waals surface area contributed by atoms with Gasteiger partial charge in [0, 0.05) is 24.9 Å². The van der Waals surface area contributed by atoms with Crippen molar-refractivity contribution in [3.63, 3.8) is 0 Å². The van der Waals surface area contributed by atoms with E-state index < -0.39 is 0 Å². The van der Waals surface area contributed by atoms with Gasteiger partial charge in [-0.05, 0) is 43.1 Å². The van der Waals surface area contributed by atoms with Crippen LogP contribution >= 0.6 is 11.9 Å². The average Bonchev–Trinajstić information content (AvgIpc) is 3.06. The number of aromatic nitrogens is 1. The first-order chi connectivity index (χ1) is 17.7. The summed E-state index contributed by atoms with van der Waals surface area (Å²) in [6.07, 6.45) is 6.69. The molecule has 10 heteroatoms. The average molecular weight is 532 g/mol. The number of carbonyl (C=O) groups is 3. The molecule has 2 rings (SSSR count). The Labute approximate surface area is 225 Å². The van der Waals surface area contributed by atoms with Gasteiger partial charge < -0.3 is 14.8 Å². The summed E-state index contributed by atoms with van der Waals surface area (Å²) in [7, 11) is 1.79. The lowest BCUT2D eigenvalue weighted by Gasteiger charge is -2.16. The molecule has 1 aromatic heterocycles. The third kappa shape index (κ3) is 16.3. The molecule has 1 atom stereocenters. The summed E-state index contributed by atoms with van der Waals surface area (Å²) in [4.78, 5) is 37.2. The minimum absolute atomic E-state index is 0.0227. The SMILES string of the molecule is C=CC(C=C)=C(C=C)OCC(=O)NCC=O.CC(C)C.CNC1NCCN(Sc2ccccn2)CC1=O. The maximum atomic E-state index is 11.8. The maximum Gasteiger partial charge on any atom is 0.258 e. The van der Waals surface area contributed by atoms with Crippen LogP contribution in [0.2, 0.25) is 0 Å². The number of hydrogen-bond donors (Lipinski definition) is 3. The second-order valence-electron chi connectivity index (χ2n) is 8.19. The number of rotatable bonds is 11. The van der Waals surface area contributed by atoms with Gasteiger partial charge in [0.15, 0.2) is 12.4 Å². The number of ether oxygens (including phenoxy) is 1. The van der Waals surface area contributed by atoms with E-state index >= 15 is 0 Å². The number of aldehydes is 1. The highest BCUT2D eigenvalue weighted by atomic mass is 32.2. The van der Waals surface area contributed by atoms with Crippen LogP contribution in [0.5, 0.6) is 0 Å². The van der Waals surface area contributed by atoms with Gasteiger partial charge in [0.1, 0.15) is 23.2 Å². The summed E-state index contributed by atoms with van der Waals surface area (Å²) >= 11 is 1.53. The second-order valence-corrected chi connectivity index (χ2v) is 9.31. The number of hydrogen-bond acceptors (Lipinski definition) is 9. The molecule has 0 aromatic carbocycles. The van der Waals surface area contributed by atoms with E-state index in [0.717, 1.165) is 24.0 Å². The first kappa shape index (κ1) is 34.0. The number of ketones is 1. The van der Waals surface area contributed by atoms with Crippen molar-refractivity contribution in [1.29, 1.82) is 0 Å². The first-order valence-electron chi connectivity index (χ1n) is 11.9. The molecule has 9 nitrogen and oxygen atoms in total. The van der Waals surface area contributed by atoms with Crippen LogP contribution in [0.1, 0.15) is 20.8 Å². The van der Waals surface area contributed by atoms with Gasteiger partial charge in [-0.3, -0.25) is 20.2 Å². The Bertz CT molecular complexity index is 877. The zero-order chi connectivity index (χ0) is 28.1. The molecule has 1 saturated heterocycles. The van der Waals surface area contributed by atoms with Crippen LogP contribution in [-0.4, -0.2) is 73.3 Å². The first-order valence-corrected chi connectivity index (χ1v) is 12.7. The quantitative estimate of drug-likeness (QED) is 0.172. The Hall–Kier alpha value is -3.05. The fourth-order valence-corrected chi connectivity index (χ4v) is 3.45. The Morgan fingerprint density at radius 3 is 2.46 bits per heavy atom. The number of amides is 1. The number of allylic oxidation sites excluding steroid dienone is 4. The number of nitrogens with one attached hydrogen (secondary N) is 3. The highest BCUT2D eigenvalue weighted by molar-refractivity contribution is 7.97. The standard InChI is InChI=1S/C12H15NO3.C11H16N4OS.C4H10/c1-4-10(5-2)11(6-3)16-9-12(15)13-7-8-14;1-12-11-9(16)8-15(7-6-14-11)17-10-4-2-3-5-13-10;1-4(2)3/h4-6,8H,1-3,7,9H2,(H,13,15);2-5,11-12,14H,6-8H2,1H3;4H,1-3H3. The predicted octanol–water partition coefficient (Wildman–Crippen LogP) is 2.90. The van der Waals surface area contributed by atoms with E-state index in [1.165, 1.54) is 18.0 Å². The molecule has 1 aliphatic rings. The summed E-state index contributed by atoms with van der Waals surface area (Å²) in [5, 5.41) is 9.39. The topological polar surface area (TPSA) is 113 Å². The lowest BCUT2D eigenvalue weighted by molar-refractivity contribution is -0.125. The van der Waals surface area contributed by atoms with Gasteiger partial charge in [-0.25, -0.2) is 9.29 Å². The van der Waals surface area contributed by atoms with Crippen molar-refractivity contribution in [3.8, 4) is 0 Å². The van der Waals surface area contributed by atoms with E-state index in [4.69, 9.17) is 4.74 Å². The molecule has 1 aromatic rings. The van der Waals surface area contributed by atoms with Crippen LogP contribution in [0.25, 0.3) is 0 Å². The molecule has 1 unspecified atom stereocenters. The molecule has 1 amide bonds. The zero-order valence-electron chi connectivity index (χ0n) is 22.4. The predicted molar refractivity (Wildman–Crippen MR) is 151 cm³/mol. The molecule has 0 aliphatic carbocycles. The van der Waals surface area contributed by atoms with E-state index in [1.807, 2.05) is 22.5 Å². The van der Waals surface area contributed by atoms with Crippen LogP contribution in [0, 0.1) is 5.92 Å². The molecule has 1 fully saturated rings. The molecular formula is C27H41N5O4S. The van der Waals surface area contributed by atoms with E-state index in [9.17, 15) is 14.4 Å². The lowest BCUT2D eigenvalue weighted by Crippen LogP contribution is -2.46. The van der Waals surface area contributed by atoms with Gasteiger partial charge in [0.05, 0.1) is 13.1 Å². The Balaban J connectivity index is 0.000000614. The molecule has 1 aliphatic heterocycles. The van der Waals surface area contributed by atoms with Crippen LogP contribution in [0.3, 0.4) is 0 Å². The smallest absolute Gasteiger partial charge is 0.258 e. The fraction of sp³-hybridized carbons (Fsp3) is 0.407. The summed E-state index contributed by atoms with van der Waals surface area (Å²) < 4.78 is 7.22. The summed E-state index contributed by atoms with van der Waals surface area (Å²) in [5.74, 6) is 1.04. The second kappa shape index (κ2) is 21.1. The summed E-state index contributed by atoms with van der Waals surface area (Å²) in [6, 6.07) is 5.78. The monoisotopic (exact) mass is 531 g/mol. The number of carbonyl (C=O) groups excluding carboxylic acids is 3. The minimum Gasteiger partial charge on any atom is -0.483 e. The van der Waals surface area contributed by atoms with Crippen molar-refractivity contribution in [3.05, 3.63) is 73.7 Å². The van der Waals surface area contributed by atoms with Crippen LogP contribution < -0.4 is 16.0 Å². The number of pyridine rings is 1. The van der Waals surface area contributed by atoms with E-state index in [-0.39, 0.29) is 31.0 Å². The molecule has 0 radical (unpaired) electrons. The van der Waals surface area contributed by atoms with Gasteiger partial charge in [0.2, 0.25) is 0 Å². The van der Waals surface area contributed by atoms with Crippen molar-refractivity contribution in [2.45, 2.75) is 32.0 Å². The maximum absolute atomic E-state index is 11.8. The van der Waals surface area contributed by atoms with Crippen molar-refractivity contribution < 1.29 is 19.1 Å². The minimum atomic E-state index is -0.376. The molecule has 0 bridgehead atoms. The highest BCUT2D eigenvalue weighted by Gasteiger charge is 2.23. The van der Waals surface area contributed by atoms with Gasteiger partial charge in [0.25, 0.3) is 5.91 Å². The molecule has 0 spiro atoms. The Morgan fingerprint density at radius 1 is 1.27 bits per heavy atom. The van der Waals surface area contributed by atoms with E-state index in [0.29, 0.717) is 24.2 Å². The van der Waals surface area contributed by atoms with E-state index in [1.54, 1.807) is 25.4 Å². The number of likely N-dealkylation sites (N-methyl/N-ethyl adjacent to an activating group) is 1. The van der Waals surface area contributed by atoms with E-state index in [2.05, 4.69) is 61.4 Å². The van der Waals surface area contributed by atoms with Crippen molar-refractivity contribution >= 4 is 29.9 Å². The Kier molecular flexibility index (Phi) is 19.3. The van der Waals surface area contributed by atoms with Gasteiger partial charge in [-0.2, -0.15) is 0 Å². The largest absolute Gasteiger partial charge is 0.483 e. The van der Waals surface area contributed by atoms with Crippen LogP contribution in [-0.2, 0) is 19.1 Å². The summed E-state index contributed by atoms with van der Waals surface area (Å²) in [5.41, 5.74) is 0.651. The molecule has 37 heavy (non-hydrogen) atoms. The van der Waals surface area contributed by atoms with Crippen LogP contribution in [0.15, 0.2) is 78.7 Å². The normalized spacial score (nSPS) is 14.9. The third-order valence-corrected chi connectivity index (χ3v) is 5.16. The summed E-state index contributed by atoms with van der Waals surface area (Å²) in [6.45, 7) is 19.0. The molecule has 3 N–H and O–H groups in total. The van der Waals surface area contributed by atoms with Crippen LogP contribution in [0.4, 0.5) is 0 Å². The third-order valence-electron chi connectivity index (χ3n) is 4.16. The van der Waals surface area contributed by atoms with Crippen molar-refractivity contribution in [1.82, 2.24) is 25.2 Å². The zero-order valence-corrected chi connectivity index (χ0v) is 23.2. The molecule has 204 valence electrons. The van der Waals surface area contributed by atoms with Crippen molar-refractivity contribution in [2.24, 2.45) is 5.92 Å². The van der Waals surface area contributed by atoms with Crippen molar-refractivity contribution in [2.75, 3.05) is 39.8 Å². The van der Waals surface area contributed by atoms with Gasteiger partial charge in [-0.15, -0.1) is 0 Å². The molecule has 2 heterocycles.